The van der Waals surface area contributed by atoms with Crippen molar-refractivity contribution < 1.29 is 18.7 Å². The second kappa shape index (κ2) is 9.64. The Labute approximate surface area is 181 Å². The van der Waals surface area contributed by atoms with E-state index in [1.807, 2.05) is 24.3 Å². The molecule has 0 saturated carbocycles. The van der Waals surface area contributed by atoms with Crippen LogP contribution < -0.4 is 9.64 Å². The molecule has 6 nitrogen and oxygen atoms in total. The van der Waals surface area contributed by atoms with E-state index in [-0.39, 0.29) is 19.1 Å². The molecule has 1 saturated heterocycles. The van der Waals surface area contributed by atoms with Gasteiger partial charge in [-0.1, -0.05) is 18.2 Å². The topological polar surface area (TPSA) is 54.9 Å². The van der Waals surface area contributed by atoms with Gasteiger partial charge in [0.1, 0.15) is 5.75 Å². The van der Waals surface area contributed by atoms with Crippen molar-refractivity contribution in [3.63, 3.8) is 0 Å². The molecule has 1 amide bonds. The maximum absolute atomic E-state index is 12.1. The molecule has 1 fully saturated rings. The van der Waals surface area contributed by atoms with Crippen LogP contribution in [0.15, 0.2) is 54.6 Å². The van der Waals surface area contributed by atoms with Crippen LogP contribution >= 0.6 is 0 Å². The Morgan fingerprint density at radius 2 is 1.81 bits per heavy atom. The first kappa shape index (κ1) is 20.9. The molecule has 31 heavy (non-hydrogen) atoms. The fourth-order valence-corrected chi connectivity index (χ4v) is 3.69. The number of methoxy groups -OCH3 is 1. The lowest BCUT2D eigenvalue weighted by molar-refractivity contribution is 0.0974. The molecule has 2 aromatic carbocycles. The van der Waals surface area contributed by atoms with Gasteiger partial charge in [-0.15, -0.1) is 0 Å². The first-order valence-electron chi connectivity index (χ1n) is 10.5. The number of carbonyl (C=O) groups is 1. The summed E-state index contributed by atoms with van der Waals surface area (Å²) in [4.78, 5) is 20.7. The molecule has 4 rings (SSSR count). The molecule has 0 bridgehead atoms. The number of rotatable bonds is 6. The molecule has 162 valence electrons. The zero-order valence-electron chi connectivity index (χ0n) is 17.6. The number of hydrogen-bond acceptors (Lipinski definition) is 5. The first-order valence-corrected chi connectivity index (χ1v) is 10.5. The number of nitrogens with zero attached hydrogens (tertiary/aromatic N) is 3. The maximum atomic E-state index is 12.1. The van der Waals surface area contributed by atoms with Crippen molar-refractivity contribution >= 4 is 22.7 Å². The number of halogens is 1. The molecule has 0 aliphatic carbocycles. The van der Waals surface area contributed by atoms with Gasteiger partial charge in [0.2, 0.25) is 0 Å². The molecule has 1 aliphatic rings. The number of alkyl halides is 1. The Morgan fingerprint density at radius 3 is 2.52 bits per heavy atom. The predicted molar refractivity (Wildman–Crippen MR) is 119 cm³/mol. The van der Waals surface area contributed by atoms with Crippen molar-refractivity contribution in [2.24, 2.45) is 0 Å². The monoisotopic (exact) mass is 423 g/mol. The van der Waals surface area contributed by atoms with E-state index in [0.29, 0.717) is 13.1 Å². The minimum absolute atomic E-state index is 0.132. The average molecular weight is 423 g/mol. The van der Waals surface area contributed by atoms with Crippen LogP contribution in [0.25, 0.3) is 22.2 Å². The molecule has 0 N–H and O–H groups in total. The predicted octanol–water partition coefficient (Wildman–Crippen LogP) is 4.53. The highest BCUT2D eigenvalue weighted by Gasteiger charge is 2.22. The van der Waals surface area contributed by atoms with E-state index < -0.39 is 6.67 Å². The summed E-state index contributed by atoms with van der Waals surface area (Å²) in [6.45, 7) is 2.30. The summed E-state index contributed by atoms with van der Waals surface area (Å²) in [5.74, 6) is 0.819. The Hall–Kier alpha value is -3.35. The van der Waals surface area contributed by atoms with E-state index in [9.17, 15) is 9.18 Å². The molecule has 1 aromatic heterocycles. The lowest BCUT2D eigenvalue weighted by Crippen LogP contribution is -2.49. The number of carbonyl (C=O) groups excluding carboxylic acids is 1. The zero-order chi connectivity index (χ0) is 21.6. The van der Waals surface area contributed by atoms with Gasteiger partial charge < -0.3 is 19.3 Å². The van der Waals surface area contributed by atoms with E-state index in [2.05, 4.69) is 35.2 Å². The van der Waals surface area contributed by atoms with Gasteiger partial charge in [-0.25, -0.2) is 9.78 Å². The van der Waals surface area contributed by atoms with Crippen LogP contribution in [0.4, 0.5) is 14.9 Å². The van der Waals surface area contributed by atoms with Crippen LogP contribution in [0.3, 0.4) is 0 Å². The summed E-state index contributed by atoms with van der Waals surface area (Å²) in [5, 5.41) is 1.04. The summed E-state index contributed by atoms with van der Waals surface area (Å²) in [6.07, 6.45) is -0.110. The number of pyridine rings is 1. The molecule has 0 spiro atoms. The molecule has 3 aromatic rings. The van der Waals surface area contributed by atoms with Crippen LogP contribution in [-0.2, 0) is 4.74 Å². The smallest absolute Gasteiger partial charge is 0.409 e. The van der Waals surface area contributed by atoms with Crippen molar-refractivity contribution in [3.05, 3.63) is 54.6 Å². The third kappa shape index (κ3) is 4.87. The summed E-state index contributed by atoms with van der Waals surface area (Å²) in [7, 11) is 1.66. The molecule has 1 aliphatic heterocycles. The fraction of sp³-hybridized carbons (Fsp3) is 0.333. The minimum Gasteiger partial charge on any atom is -0.497 e. The normalized spacial score (nSPS) is 14.0. The Kier molecular flexibility index (Phi) is 6.50. The zero-order valence-corrected chi connectivity index (χ0v) is 17.6. The third-order valence-corrected chi connectivity index (χ3v) is 5.47. The molecular weight excluding hydrogens is 397 g/mol. The standard InChI is InChI=1S/C24H26FN3O3/c1-30-21-8-10-23-19(17-21)5-9-22(26-23)18-3-6-20(7-4-18)27-12-14-28(15-13-27)24(29)31-16-2-11-25/h3-10,17H,2,11-16H2,1H3. The minimum atomic E-state index is -0.472. The summed E-state index contributed by atoms with van der Waals surface area (Å²) in [5.41, 5.74) is 4.01. The van der Waals surface area contributed by atoms with Crippen LogP contribution in [-0.4, -0.2) is 62.5 Å². The quantitative estimate of drug-likeness (QED) is 0.546. The van der Waals surface area contributed by atoms with Crippen molar-refractivity contribution in [1.82, 2.24) is 9.88 Å². The highest BCUT2D eigenvalue weighted by molar-refractivity contribution is 5.83. The second-order valence-electron chi connectivity index (χ2n) is 7.43. The van der Waals surface area contributed by atoms with Crippen LogP contribution in [0.1, 0.15) is 6.42 Å². The number of benzene rings is 2. The molecule has 0 radical (unpaired) electrons. The van der Waals surface area contributed by atoms with Gasteiger partial charge in [-0.3, -0.25) is 4.39 Å². The van der Waals surface area contributed by atoms with Crippen molar-refractivity contribution in [2.75, 3.05) is 51.5 Å². The summed E-state index contributed by atoms with van der Waals surface area (Å²) in [6, 6.07) is 18.3. The third-order valence-electron chi connectivity index (χ3n) is 5.47. The van der Waals surface area contributed by atoms with E-state index in [1.54, 1.807) is 12.0 Å². The number of anilines is 1. The van der Waals surface area contributed by atoms with Gasteiger partial charge >= 0.3 is 6.09 Å². The van der Waals surface area contributed by atoms with E-state index >= 15 is 0 Å². The van der Waals surface area contributed by atoms with E-state index in [4.69, 9.17) is 14.5 Å². The number of amides is 1. The lowest BCUT2D eigenvalue weighted by Gasteiger charge is -2.35. The number of hydrogen-bond donors (Lipinski definition) is 0. The largest absolute Gasteiger partial charge is 0.497 e. The van der Waals surface area contributed by atoms with Crippen LogP contribution in [0.5, 0.6) is 5.75 Å². The van der Waals surface area contributed by atoms with Gasteiger partial charge in [-0.2, -0.15) is 0 Å². The number of aromatic nitrogens is 1. The van der Waals surface area contributed by atoms with Crippen molar-refractivity contribution in [1.29, 1.82) is 0 Å². The van der Waals surface area contributed by atoms with Gasteiger partial charge in [-0.05, 0) is 36.4 Å². The number of fused-ring (bicyclic) bond motifs is 1. The molecule has 0 unspecified atom stereocenters. The highest BCUT2D eigenvalue weighted by Crippen LogP contribution is 2.26. The van der Waals surface area contributed by atoms with E-state index in [1.165, 1.54) is 0 Å². The molecule has 7 heteroatoms. The van der Waals surface area contributed by atoms with Crippen molar-refractivity contribution in [3.8, 4) is 17.0 Å². The SMILES string of the molecule is COc1ccc2nc(-c3ccc(N4CCN(C(=O)OCCCF)CC4)cc3)ccc2c1. The second-order valence-corrected chi connectivity index (χ2v) is 7.43. The molecule has 0 atom stereocenters. The molecular formula is C24H26FN3O3. The Morgan fingerprint density at radius 1 is 1.03 bits per heavy atom. The maximum Gasteiger partial charge on any atom is 0.409 e. The van der Waals surface area contributed by atoms with Gasteiger partial charge in [0.25, 0.3) is 0 Å². The van der Waals surface area contributed by atoms with Crippen LogP contribution in [0.2, 0.25) is 0 Å². The van der Waals surface area contributed by atoms with Gasteiger partial charge in [0, 0.05) is 49.2 Å². The molecule has 2 heterocycles. The summed E-state index contributed by atoms with van der Waals surface area (Å²) >= 11 is 0. The summed E-state index contributed by atoms with van der Waals surface area (Å²) < 4.78 is 22.5. The van der Waals surface area contributed by atoms with Crippen molar-refractivity contribution in [2.45, 2.75) is 6.42 Å². The highest BCUT2D eigenvalue weighted by atomic mass is 19.1. The Bertz CT molecular complexity index is 1030. The van der Waals surface area contributed by atoms with Gasteiger partial charge in [0.05, 0.1) is 31.6 Å². The average Bonchev–Trinajstić information content (AvgIpc) is 2.83. The fourth-order valence-electron chi connectivity index (χ4n) is 3.69. The Balaban J connectivity index is 1.39. The van der Waals surface area contributed by atoms with Crippen LogP contribution in [0, 0.1) is 0 Å². The number of ether oxygens (including phenoxy) is 2. The van der Waals surface area contributed by atoms with Gasteiger partial charge in [0.15, 0.2) is 0 Å². The number of piperazine rings is 1. The first-order chi connectivity index (χ1) is 15.2. The van der Waals surface area contributed by atoms with E-state index in [0.717, 1.165) is 46.7 Å². The lowest BCUT2D eigenvalue weighted by atomic mass is 10.1.